The molecule has 0 bridgehead atoms. The zero-order valence-electron chi connectivity index (χ0n) is 15.1. The SMILES string of the molecule is NC(CC(=O)O)C(=O)NC(Cc1cnc[nH]1)C(=O)NC(CO)C(=O)NCC(=O)O. The van der Waals surface area contributed by atoms with E-state index in [1.165, 1.54) is 12.5 Å². The number of hydrogen-bond donors (Lipinski definition) is 8. The number of amides is 3. The summed E-state index contributed by atoms with van der Waals surface area (Å²) in [6.45, 7) is -1.55. The smallest absolute Gasteiger partial charge is 0.322 e. The van der Waals surface area contributed by atoms with Gasteiger partial charge in [-0.3, -0.25) is 24.0 Å². The van der Waals surface area contributed by atoms with Gasteiger partial charge in [0.1, 0.15) is 18.6 Å². The van der Waals surface area contributed by atoms with E-state index < -0.39 is 67.4 Å². The fourth-order valence-corrected chi connectivity index (χ4v) is 2.14. The third kappa shape index (κ3) is 8.35. The number of aliphatic carboxylic acids is 2. The number of imidazole rings is 1. The molecule has 160 valence electrons. The van der Waals surface area contributed by atoms with Crippen molar-refractivity contribution in [3.8, 4) is 0 Å². The number of aromatic amines is 1. The lowest BCUT2D eigenvalue weighted by Gasteiger charge is -2.22. The van der Waals surface area contributed by atoms with Crippen molar-refractivity contribution in [3.63, 3.8) is 0 Å². The van der Waals surface area contributed by atoms with Crippen LogP contribution in [0.4, 0.5) is 0 Å². The Kier molecular flexibility index (Phi) is 9.21. The van der Waals surface area contributed by atoms with Crippen LogP contribution < -0.4 is 21.7 Å². The Hall–Kier alpha value is -3.52. The lowest BCUT2D eigenvalue weighted by Crippen LogP contribution is -2.57. The molecule has 0 aliphatic carbocycles. The average molecular weight is 414 g/mol. The summed E-state index contributed by atoms with van der Waals surface area (Å²) in [6.07, 6.45) is 1.94. The molecule has 0 aliphatic rings. The first-order chi connectivity index (χ1) is 13.6. The molecule has 1 aromatic heterocycles. The number of aliphatic hydroxyl groups is 1. The summed E-state index contributed by atoms with van der Waals surface area (Å²) in [4.78, 5) is 64.2. The van der Waals surface area contributed by atoms with E-state index in [2.05, 4.69) is 20.6 Å². The van der Waals surface area contributed by atoms with E-state index in [1.807, 2.05) is 5.32 Å². The highest BCUT2D eigenvalue weighted by Gasteiger charge is 2.29. The van der Waals surface area contributed by atoms with Crippen LogP contribution in [-0.4, -0.2) is 86.2 Å². The van der Waals surface area contributed by atoms with Gasteiger partial charge in [-0.1, -0.05) is 0 Å². The number of aromatic nitrogens is 2. The number of carbonyl (C=O) groups excluding carboxylic acids is 3. The molecule has 3 amide bonds. The molecule has 14 nitrogen and oxygen atoms in total. The predicted octanol–water partition coefficient (Wildman–Crippen LogP) is -4.08. The number of carboxylic acid groups (broad SMARTS) is 2. The summed E-state index contributed by atoms with van der Waals surface area (Å²) in [6, 6.07) is -4.18. The first-order valence-electron chi connectivity index (χ1n) is 8.29. The molecule has 0 saturated heterocycles. The molecular formula is C15H22N6O8. The van der Waals surface area contributed by atoms with Crippen LogP contribution in [0.5, 0.6) is 0 Å². The van der Waals surface area contributed by atoms with Crippen molar-refractivity contribution in [2.45, 2.75) is 31.0 Å². The summed E-state index contributed by atoms with van der Waals surface area (Å²) in [7, 11) is 0. The van der Waals surface area contributed by atoms with Gasteiger partial charge in [0.15, 0.2) is 0 Å². The molecule has 1 rings (SSSR count). The molecule has 9 N–H and O–H groups in total. The van der Waals surface area contributed by atoms with Gasteiger partial charge in [-0.05, 0) is 0 Å². The number of carbonyl (C=O) groups is 5. The number of aliphatic hydroxyl groups excluding tert-OH is 1. The fourth-order valence-electron chi connectivity index (χ4n) is 2.14. The molecule has 0 saturated carbocycles. The largest absolute Gasteiger partial charge is 0.481 e. The van der Waals surface area contributed by atoms with Crippen LogP contribution >= 0.6 is 0 Å². The van der Waals surface area contributed by atoms with E-state index in [9.17, 15) is 29.1 Å². The van der Waals surface area contributed by atoms with E-state index in [-0.39, 0.29) is 6.42 Å². The summed E-state index contributed by atoms with van der Waals surface area (Å²) in [5, 5.41) is 33.1. The zero-order chi connectivity index (χ0) is 22.0. The van der Waals surface area contributed by atoms with Gasteiger partial charge >= 0.3 is 11.9 Å². The third-order valence-electron chi connectivity index (χ3n) is 3.57. The first kappa shape index (κ1) is 23.5. The average Bonchev–Trinajstić information content (AvgIpc) is 3.15. The monoisotopic (exact) mass is 414 g/mol. The van der Waals surface area contributed by atoms with E-state index >= 15 is 0 Å². The van der Waals surface area contributed by atoms with Crippen molar-refractivity contribution >= 4 is 29.7 Å². The van der Waals surface area contributed by atoms with Gasteiger partial charge in [0, 0.05) is 18.3 Å². The molecule has 29 heavy (non-hydrogen) atoms. The maximum Gasteiger partial charge on any atom is 0.322 e. The molecule has 0 aliphatic heterocycles. The van der Waals surface area contributed by atoms with Crippen molar-refractivity contribution in [2.75, 3.05) is 13.2 Å². The van der Waals surface area contributed by atoms with Crippen LogP contribution in [0.25, 0.3) is 0 Å². The summed E-state index contributed by atoms with van der Waals surface area (Å²) in [5.74, 6) is -5.38. The minimum Gasteiger partial charge on any atom is -0.481 e. The molecule has 0 fully saturated rings. The summed E-state index contributed by atoms with van der Waals surface area (Å²) < 4.78 is 0. The first-order valence-corrected chi connectivity index (χ1v) is 8.29. The van der Waals surface area contributed by atoms with Crippen molar-refractivity contribution < 1.29 is 39.3 Å². The Labute approximate surface area is 163 Å². The van der Waals surface area contributed by atoms with Crippen molar-refractivity contribution in [3.05, 3.63) is 18.2 Å². The molecule has 14 heteroatoms. The van der Waals surface area contributed by atoms with Gasteiger partial charge in [-0.15, -0.1) is 0 Å². The topological polar surface area (TPSA) is 237 Å². The number of carboxylic acids is 2. The number of nitrogens with two attached hydrogens (primary N) is 1. The van der Waals surface area contributed by atoms with E-state index in [0.29, 0.717) is 5.69 Å². The van der Waals surface area contributed by atoms with Crippen molar-refractivity contribution in [1.29, 1.82) is 0 Å². The summed E-state index contributed by atoms with van der Waals surface area (Å²) >= 11 is 0. The van der Waals surface area contributed by atoms with Gasteiger partial charge in [0.05, 0.1) is 25.4 Å². The van der Waals surface area contributed by atoms with Gasteiger partial charge < -0.3 is 42.0 Å². The van der Waals surface area contributed by atoms with Crippen LogP contribution in [0.1, 0.15) is 12.1 Å². The molecular weight excluding hydrogens is 392 g/mol. The van der Waals surface area contributed by atoms with E-state index in [1.54, 1.807) is 0 Å². The summed E-state index contributed by atoms with van der Waals surface area (Å²) in [5.41, 5.74) is 5.92. The highest BCUT2D eigenvalue weighted by molar-refractivity contribution is 5.94. The molecule has 1 aromatic rings. The van der Waals surface area contributed by atoms with Gasteiger partial charge in [0.25, 0.3) is 0 Å². The molecule has 0 radical (unpaired) electrons. The minimum absolute atomic E-state index is 0.105. The van der Waals surface area contributed by atoms with Crippen LogP contribution in [-0.2, 0) is 30.4 Å². The second kappa shape index (κ2) is 11.4. The lowest BCUT2D eigenvalue weighted by molar-refractivity contribution is -0.140. The highest BCUT2D eigenvalue weighted by Crippen LogP contribution is 2.01. The van der Waals surface area contributed by atoms with Crippen LogP contribution in [0.3, 0.4) is 0 Å². The molecule has 1 heterocycles. The van der Waals surface area contributed by atoms with Crippen molar-refractivity contribution in [1.82, 2.24) is 25.9 Å². The molecule has 0 spiro atoms. The van der Waals surface area contributed by atoms with Crippen molar-refractivity contribution in [2.24, 2.45) is 5.73 Å². The second-order valence-electron chi connectivity index (χ2n) is 5.90. The number of nitrogens with one attached hydrogen (secondary N) is 4. The Morgan fingerprint density at radius 3 is 2.21 bits per heavy atom. The standard InChI is InChI=1S/C15H22N6O8/c16-8(2-11(23)24)13(27)20-9(1-7-3-17-6-19-7)15(29)21-10(5-22)14(28)18-4-12(25)26/h3,6,8-10,22H,1-2,4-5,16H2,(H,17,19)(H,18,28)(H,20,27)(H,21,29)(H,23,24)(H,25,26). The Balaban J connectivity index is 2.85. The zero-order valence-corrected chi connectivity index (χ0v) is 15.1. The van der Waals surface area contributed by atoms with E-state index in [0.717, 1.165) is 0 Å². The second-order valence-corrected chi connectivity index (χ2v) is 5.90. The van der Waals surface area contributed by atoms with Crippen LogP contribution in [0.2, 0.25) is 0 Å². The number of rotatable bonds is 12. The molecule has 3 unspecified atom stereocenters. The molecule has 0 aromatic carbocycles. The molecule has 3 atom stereocenters. The number of hydrogen-bond acceptors (Lipinski definition) is 8. The van der Waals surface area contributed by atoms with Gasteiger partial charge in [-0.2, -0.15) is 0 Å². The Bertz CT molecular complexity index is 737. The quantitative estimate of drug-likeness (QED) is 0.164. The number of nitrogens with zero attached hydrogens (tertiary/aromatic N) is 1. The fraction of sp³-hybridized carbons (Fsp3) is 0.467. The Morgan fingerprint density at radius 1 is 1.03 bits per heavy atom. The predicted molar refractivity (Wildman–Crippen MR) is 94.1 cm³/mol. The lowest BCUT2D eigenvalue weighted by atomic mass is 10.1. The van der Waals surface area contributed by atoms with Crippen LogP contribution in [0, 0.1) is 0 Å². The number of H-pyrrole nitrogens is 1. The van der Waals surface area contributed by atoms with Crippen LogP contribution in [0.15, 0.2) is 12.5 Å². The Morgan fingerprint density at radius 2 is 1.69 bits per heavy atom. The normalized spacial score (nSPS) is 13.6. The van der Waals surface area contributed by atoms with Gasteiger partial charge in [0.2, 0.25) is 17.7 Å². The minimum atomic E-state index is -1.48. The third-order valence-corrected chi connectivity index (χ3v) is 3.57. The highest BCUT2D eigenvalue weighted by atomic mass is 16.4. The maximum atomic E-state index is 12.5. The van der Waals surface area contributed by atoms with E-state index in [4.69, 9.17) is 15.9 Å². The maximum absolute atomic E-state index is 12.5. The van der Waals surface area contributed by atoms with Gasteiger partial charge in [-0.25, -0.2) is 4.98 Å².